The number of rotatable bonds is 14. The second kappa shape index (κ2) is 13.9. The molecule has 0 saturated heterocycles. The van der Waals surface area contributed by atoms with Gasteiger partial charge in [0.05, 0.1) is 6.04 Å². The lowest BCUT2D eigenvalue weighted by atomic mass is 9.97. The normalized spacial score (nSPS) is 15.1. The van der Waals surface area contributed by atoms with E-state index in [1.54, 1.807) is 19.1 Å². The number of hydrogen-bond acceptors (Lipinski definition) is 7. The molecule has 0 bridgehead atoms. The van der Waals surface area contributed by atoms with E-state index in [1.165, 1.54) is 19.1 Å². The van der Waals surface area contributed by atoms with Gasteiger partial charge in [0.1, 0.15) is 23.9 Å². The number of nitrogens with one attached hydrogen (secondary N) is 3. The Morgan fingerprint density at radius 3 is 2.06 bits per heavy atom. The summed E-state index contributed by atoms with van der Waals surface area (Å²) >= 11 is 0. The van der Waals surface area contributed by atoms with Crippen LogP contribution in [0.15, 0.2) is 24.3 Å². The Labute approximate surface area is 203 Å². The molecule has 35 heavy (non-hydrogen) atoms. The Bertz CT molecular complexity index is 906. The van der Waals surface area contributed by atoms with Crippen LogP contribution in [0, 0.1) is 5.92 Å². The van der Waals surface area contributed by atoms with Gasteiger partial charge >= 0.3 is 5.97 Å². The van der Waals surface area contributed by atoms with Crippen molar-refractivity contribution >= 4 is 29.6 Å². The zero-order chi connectivity index (χ0) is 26.7. The molecule has 0 aliphatic carbocycles. The van der Waals surface area contributed by atoms with Gasteiger partial charge in [0.2, 0.25) is 23.6 Å². The molecule has 12 heteroatoms. The number of benzene rings is 1. The number of carboxylic acid groups (broad SMARTS) is 1. The number of carbonyl (C=O) groups excluding carboxylic acids is 4. The standard InChI is InChI=1S/C23H35N5O7/c1-4-12(2)19(28-21(32)16(24)11-14-5-7-15(29)8-6-14)22(33)26-13(3)20(31)27-17(23(34)35)9-10-18(25)30/h5-8,12-13,16-17,19,29H,4,9-11,24H2,1-3H3,(H2,25,30)(H,26,33)(H,27,31)(H,28,32)(H,34,35). The number of aromatic hydroxyl groups is 1. The van der Waals surface area contributed by atoms with Crippen LogP contribution in [0.3, 0.4) is 0 Å². The van der Waals surface area contributed by atoms with E-state index in [1.807, 2.05) is 6.92 Å². The Kier molecular flexibility index (Phi) is 11.7. The number of phenols is 1. The van der Waals surface area contributed by atoms with Crippen molar-refractivity contribution in [1.82, 2.24) is 16.0 Å². The van der Waals surface area contributed by atoms with Gasteiger partial charge in [-0.05, 0) is 43.4 Å². The molecule has 0 spiro atoms. The summed E-state index contributed by atoms with van der Waals surface area (Å²) in [5.41, 5.74) is 11.8. The van der Waals surface area contributed by atoms with Crippen LogP contribution in [0.1, 0.15) is 45.6 Å². The maximum absolute atomic E-state index is 12.9. The molecule has 5 atom stereocenters. The average Bonchev–Trinajstić information content (AvgIpc) is 2.80. The fourth-order valence-corrected chi connectivity index (χ4v) is 3.15. The van der Waals surface area contributed by atoms with Crippen molar-refractivity contribution < 1.29 is 34.2 Å². The van der Waals surface area contributed by atoms with E-state index in [4.69, 9.17) is 11.5 Å². The number of phenolic OH excluding ortho intramolecular Hbond substituents is 1. The van der Waals surface area contributed by atoms with E-state index in [-0.39, 0.29) is 30.9 Å². The minimum atomic E-state index is -1.35. The fourth-order valence-electron chi connectivity index (χ4n) is 3.15. The first-order chi connectivity index (χ1) is 16.3. The number of hydrogen-bond donors (Lipinski definition) is 7. The summed E-state index contributed by atoms with van der Waals surface area (Å²) < 4.78 is 0. The van der Waals surface area contributed by atoms with Gasteiger partial charge in [-0.1, -0.05) is 32.4 Å². The highest BCUT2D eigenvalue weighted by Gasteiger charge is 2.31. The van der Waals surface area contributed by atoms with Gasteiger partial charge in [0.25, 0.3) is 0 Å². The van der Waals surface area contributed by atoms with Crippen LogP contribution in [-0.2, 0) is 30.4 Å². The van der Waals surface area contributed by atoms with Crippen LogP contribution in [0.5, 0.6) is 5.75 Å². The molecule has 0 aromatic heterocycles. The summed E-state index contributed by atoms with van der Waals surface area (Å²) in [4.78, 5) is 60.2. The summed E-state index contributed by atoms with van der Waals surface area (Å²) in [5, 5.41) is 26.0. The molecule has 1 aromatic carbocycles. The van der Waals surface area contributed by atoms with Crippen LogP contribution >= 0.6 is 0 Å². The molecule has 4 amide bonds. The van der Waals surface area contributed by atoms with Crippen molar-refractivity contribution in [2.45, 2.75) is 70.6 Å². The van der Waals surface area contributed by atoms with E-state index < -0.39 is 53.8 Å². The lowest BCUT2D eigenvalue weighted by Crippen LogP contribution is -2.58. The van der Waals surface area contributed by atoms with Crippen molar-refractivity contribution in [2.75, 3.05) is 0 Å². The van der Waals surface area contributed by atoms with Crippen LogP contribution in [0.25, 0.3) is 0 Å². The summed E-state index contributed by atoms with van der Waals surface area (Å²) in [6.07, 6.45) is 0.300. The number of amides is 4. The first-order valence-corrected chi connectivity index (χ1v) is 11.3. The lowest BCUT2D eigenvalue weighted by Gasteiger charge is -2.27. The highest BCUT2D eigenvalue weighted by Crippen LogP contribution is 2.12. The molecule has 194 valence electrons. The topological polar surface area (TPSA) is 214 Å². The van der Waals surface area contributed by atoms with Gasteiger partial charge in [0.15, 0.2) is 0 Å². The lowest BCUT2D eigenvalue weighted by molar-refractivity contribution is -0.142. The Balaban J connectivity index is 2.79. The molecule has 0 saturated carbocycles. The molecular weight excluding hydrogens is 458 g/mol. The molecule has 1 rings (SSSR count). The quantitative estimate of drug-likeness (QED) is 0.172. The smallest absolute Gasteiger partial charge is 0.326 e. The molecule has 0 fully saturated rings. The van der Waals surface area contributed by atoms with Crippen molar-refractivity contribution in [3.05, 3.63) is 29.8 Å². The van der Waals surface area contributed by atoms with Crippen molar-refractivity contribution in [3.8, 4) is 5.75 Å². The summed E-state index contributed by atoms with van der Waals surface area (Å²) in [6.45, 7) is 4.96. The molecular formula is C23H35N5O7. The number of carbonyl (C=O) groups is 5. The van der Waals surface area contributed by atoms with Gasteiger partial charge in [-0.25, -0.2) is 4.79 Å². The SMILES string of the molecule is CCC(C)C(NC(=O)C(N)Cc1ccc(O)cc1)C(=O)NC(C)C(=O)NC(CCC(N)=O)C(=O)O. The predicted octanol–water partition coefficient (Wildman–Crippen LogP) is -0.867. The zero-order valence-corrected chi connectivity index (χ0v) is 20.1. The van der Waals surface area contributed by atoms with E-state index in [0.717, 1.165) is 5.56 Å². The summed E-state index contributed by atoms with van der Waals surface area (Å²) in [6, 6.07) is 1.81. The maximum Gasteiger partial charge on any atom is 0.326 e. The van der Waals surface area contributed by atoms with E-state index in [2.05, 4.69) is 16.0 Å². The van der Waals surface area contributed by atoms with Crippen molar-refractivity contribution in [1.29, 1.82) is 0 Å². The van der Waals surface area contributed by atoms with Gasteiger partial charge in [0, 0.05) is 6.42 Å². The largest absolute Gasteiger partial charge is 0.508 e. The third-order valence-electron chi connectivity index (χ3n) is 5.57. The summed E-state index contributed by atoms with van der Waals surface area (Å²) in [5.74, 6) is -4.22. The van der Waals surface area contributed by atoms with Crippen molar-refractivity contribution in [3.63, 3.8) is 0 Å². The number of nitrogens with two attached hydrogens (primary N) is 2. The third-order valence-corrected chi connectivity index (χ3v) is 5.57. The van der Waals surface area contributed by atoms with E-state index >= 15 is 0 Å². The molecule has 0 radical (unpaired) electrons. The van der Waals surface area contributed by atoms with Gasteiger partial charge in [-0.2, -0.15) is 0 Å². The minimum absolute atomic E-state index is 0.0842. The summed E-state index contributed by atoms with van der Waals surface area (Å²) in [7, 11) is 0. The van der Waals surface area contributed by atoms with Crippen molar-refractivity contribution in [2.24, 2.45) is 17.4 Å². The predicted molar refractivity (Wildman–Crippen MR) is 127 cm³/mol. The molecule has 12 nitrogen and oxygen atoms in total. The average molecular weight is 494 g/mol. The number of aliphatic carboxylic acids is 1. The minimum Gasteiger partial charge on any atom is -0.508 e. The monoisotopic (exact) mass is 493 g/mol. The van der Waals surface area contributed by atoms with E-state index in [9.17, 15) is 34.2 Å². The second-order valence-corrected chi connectivity index (χ2v) is 8.48. The number of carboxylic acids is 1. The molecule has 0 heterocycles. The maximum atomic E-state index is 12.9. The van der Waals surface area contributed by atoms with Crippen LogP contribution in [0.2, 0.25) is 0 Å². The highest BCUT2D eigenvalue weighted by molar-refractivity contribution is 5.94. The highest BCUT2D eigenvalue weighted by atomic mass is 16.4. The van der Waals surface area contributed by atoms with Gasteiger partial charge in [-0.15, -0.1) is 0 Å². The Morgan fingerprint density at radius 2 is 1.54 bits per heavy atom. The van der Waals surface area contributed by atoms with E-state index in [0.29, 0.717) is 6.42 Å². The van der Waals surface area contributed by atoms with Gasteiger partial charge in [-0.3, -0.25) is 19.2 Å². The van der Waals surface area contributed by atoms with Crippen LogP contribution < -0.4 is 27.4 Å². The molecule has 5 unspecified atom stereocenters. The zero-order valence-electron chi connectivity index (χ0n) is 20.1. The molecule has 0 aliphatic heterocycles. The first kappa shape index (κ1) is 29.4. The second-order valence-electron chi connectivity index (χ2n) is 8.48. The van der Waals surface area contributed by atoms with Crippen LogP contribution in [0.4, 0.5) is 0 Å². The molecule has 1 aromatic rings. The number of primary amides is 1. The Morgan fingerprint density at radius 1 is 0.943 bits per heavy atom. The fraction of sp³-hybridized carbons (Fsp3) is 0.522. The third kappa shape index (κ3) is 10.0. The van der Waals surface area contributed by atoms with Gasteiger partial charge < -0.3 is 37.6 Å². The van der Waals surface area contributed by atoms with Crippen LogP contribution in [-0.4, -0.2) is 64.0 Å². The molecule has 9 N–H and O–H groups in total. The Hall–Kier alpha value is -3.67. The molecule has 0 aliphatic rings. The first-order valence-electron chi connectivity index (χ1n) is 11.3.